The molecule has 1 aliphatic heterocycles. The van der Waals surface area contributed by atoms with E-state index in [1.807, 2.05) is 13.0 Å². The molecule has 2 amide bonds. The van der Waals surface area contributed by atoms with E-state index in [4.69, 9.17) is 0 Å². The monoisotopic (exact) mass is 256 g/mol. The number of nitrogens with zero attached hydrogens (tertiary/aromatic N) is 1. The largest absolute Gasteiger partial charge is 0.343 e. The number of hydrogen-bond acceptors (Lipinski definition) is 3. The van der Waals surface area contributed by atoms with Gasteiger partial charge in [-0.3, -0.25) is 9.59 Å². The summed E-state index contributed by atoms with van der Waals surface area (Å²) in [6, 6.07) is -0.697. The Morgan fingerprint density at radius 3 is 2.82 bits per heavy atom. The molecule has 5 heteroatoms. The molecule has 0 saturated carbocycles. The van der Waals surface area contributed by atoms with Crippen molar-refractivity contribution in [2.24, 2.45) is 0 Å². The fourth-order valence-electron chi connectivity index (χ4n) is 1.80. The van der Waals surface area contributed by atoms with Crippen molar-refractivity contribution >= 4 is 23.6 Å². The van der Waals surface area contributed by atoms with Crippen LogP contribution in [0.15, 0.2) is 12.7 Å². The minimum absolute atomic E-state index is 0.0406. The fraction of sp³-hybridized carbons (Fsp3) is 0.667. The maximum atomic E-state index is 12.1. The van der Waals surface area contributed by atoms with Crippen molar-refractivity contribution in [3.05, 3.63) is 12.7 Å². The average molecular weight is 256 g/mol. The number of amides is 2. The first-order valence-corrected chi connectivity index (χ1v) is 7.06. The summed E-state index contributed by atoms with van der Waals surface area (Å²) < 4.78 is 0. The highest BCUT2D eigenvalue weighted by Crippen LogP contribution is 2.13. The van der Waals surface area contributed by atoms with Crippen LogP contribution in [0.1, 0.15) is 20.3 Å². The lowest BCUT2D eigenvalue weighted by Gasteiger charge is -2.37. The van der Waals surface area contributed by atoms with Gasteiger partial charge in [0.25, 0.3) is 0 Å². The van der Waals surface area contributed by atoms with E-state index in [-0.39, 0.29) is 23.9 Å². The summed E-state index contributed by atoms with van der Waals surface area (Å²) >= 11 is 1.72. The first-order valence-electron chi connectivity index (χ1n) is 5.91. The van der Waals surface area contributed by atoms with Gasteiger partial charge < -0.3 is 10.2 Å². The Kier molecular flexibility index (Phi) is 5.55. The molecule has 17 heavy (non-hydrogen) atoms. The van der Waals surface area contributed by atoms with E-state index in [0.717, 1.165) is 11.5 Å². The molecule has 1 N–H and O–H groups in total. The third-order valence-electron chi connectivity index (χ3n) is 2.87. The van der Waals surface area contributed by atoms with E-state index in [1.165, 1.54) is 0 Å². The molecule has 0 spiro atoms. The zero-order valence-electron chi connectivity index (χ0n) is 10.4. The summed E-state index contributed by atoms with van der Waals surface area (Å²) in [5.41, 5.74) is 0. The van der Waals surface area contributed by atoms with Gasteiger partial charge in [0, 0.05) is 18.1 Å². The van der Waals surface area contributed by atoms with Gasteiger partial charge in [-0.25, -0.2) is 0 Å². The van der Waals surface area contributed by atoms with Crippen molar-refractivity contribution in [1.82, 2.24) is 10.2 Å². The molecule has 0 radical (unpaired) electrons. The standard InChI is InChI=1S/C12H20N2O2S/c1-4-7-17-8-6-14-9(3)11(15)13-10(5-2)12(14)16/h4,9-10H,1,5-8H2,2-3H3,(H,13,15). The summed E-state index contributed by atoms with van der Waals surface area (Å²) in [5, 5.41) is 2.74. The molecule has 0 bridgehead atoms. The van der Waals surface area contributed by atoms with Crippen LogP contribution in [0.25, 0.3) is 0 Å². The van der Waals surface area contributed by atoms with Crippen molar-refractivity contribution in [3.8, 4) is 0 Å². The molecule has 2 unspecified atom stereocenters. The smallest absolute Gasteiger partial charge is 0.245 e. The van der Waals surface area contributed by atoms with Gasteiger partial charge >= 0.3 is 0 Å². The third kappa shape index (κ3) is 3.49. The van der Waals surface area contributed by atoms with Crippen LogP contribution in [-0.4, -0.2) is 46.8 Å². The summed E-state index contributed by atoms with van der Waals surface area (Å²) in [7, 11) is 0. The highest BCUT2D eigenvalue weighted by Gasteiger charge is 2.36. The highest BCUT2D eigenvalue weighted by atomic mass is 32.2. The van der Waals surface area contributed by atoms with E-state index < -0.39 is 0 Å². The number of piperazine rings is 1. The Bertz CT molecular complexity index is 307. The van der Waals surface area contributed by atoms with Crippen LogP contribution in [0, 0.1) is 0 Å². The Balaban J connectivity index is 2.56. The lowest BCUT2D eigenvalue weighted by Crippen LogP contribution is -2.62. The van der Waals surface area contributed by atoms with Crippen molar-refractivity contribution in [2.75, 3.05) is 18.1 Å². The Hall–Kier alpha value is -0.970. The summed E-state index contributed by atoms with van der Waals surface area (Å²) in [6.45, 7) is 7.96. The lowest BCUT2D eigenvalue weighted by molar-refractivity contribution is -0.148. The van der Waals surface area contributed by atoms with Gasteiger partial charge in [-0.2, -0.15) is 11.8 Å². The second-order valence-corrected chi connectivity index (χ2v) is 5.19. The summed E-state index contributed by atoms with van der Waals surface area (Å²) in [5.74, 6) is 1.70. The first-order chi connectivity index (χ1) is 8.11. The van der Waals surface area contributed by atoms with Crippen molar-refractivity contribution in [2.45, 2.75) is 32.4 Å². The van der Waals surface area contributed by atoms with E-state index in [1.54, 1.807) is 23.6 Å². The van der Waals surface area contributed by atoms with Crippen molar-refractivity contribution in [3.63, 3.8) is 0 Å². The number of thioether (sulfide) groups is 1. The molecule has 1 heterocycles. The predicted molar refractivity (Wildman–Crippen MR) is 70.9 cm³/mol. The van der Waals surface area contributed by atoms with Crippen LogP contribution in [0.4, 0.5) is 0 Å². The molecule has 1 aliphatic rings. The molecule has 0 aromatic heterocycles. The maximum Gasteiger partial charge on any atom is 0.245 e. The van der Waals surface area contributed by atoms with Crippen molar-refractivity contribution in [1.29, 1.82) is 0 Å². The van der Waals surface area contributed by atoms with E-state index in [9.17, 15) is 9.59 Å². The number of rotatable bonds is 6. The molecule has 0 aromatic rings. The second-order valence-electron chi connectivity index (χ2n) is 4.04. The van der Waals surface area contributed by atoms with Gasteiger partial charge in [-0.05, 0) is 13.3 Å². The molecule has 0 aliphatic carbocycles. The maximum absolute atomic E-state index is 12.1. The molecule has 0 aromatic carbocycles. The van der Waals surface area contributed by atoms with Crippen LogP contribution >= 0.6 is 11.8 Å². The van der Waals surface area contributed by atoms with E-state index >= 15 is 0 Å². The van der Waals surface area contributed by atoms with Gasteiger partial charge in [0.15, 0.2) is 0 Å². The molecule has 1 rings (SSSR count). The van der Waals surface area contributed by atoms with E-state index in [0.29, 0.717) is 13.0 Å². The van der Waals surface area contributed by atoms with Crippen LogP contribution in [0.2, 0.25) is 0 Å². The highest BCUT2D eigenvalue weighted by molar-refractivity contribution is 7.99. The Labute approximate surface area is 107 Å². The zero-order valence-corrected chi connectivity index (χ0v) is 11.3. The summed E-state index contributed by atoms with van der Waals surface area (Å²) in [4.78, 5) is 25.4. The number of hydrogen-bond donors (Lipinski definition) is 1. The average Bonchev–Trinajstić information content (AvgIpc) is 2.33. The Morgan fingerprint density at radius 2 is 2.24 bits per heavy atom. The summed E-state index contributed by atoms with van der Waals surface area (Å²) in [6.07, 6.45) is 2.49. The van der Waals surface area contributed by atoms with Gasteiger partial charge in [-0.1, -0.05) is 13.0 Å². The normalized spacial score (nSPS) is 24.7. The van der Waals surface area contributed by atoms with E-state index in [2.05, 4.69) is 11.9 Å². The first kappa shape index (κ1) is 14.1. The van der Waals surface area contributed by atoms with Crippen LogP contribution in [-0.2, 0) is 9.59 Å². The van der Waals surface area contributed by atoms with Crippen LogP contribution in [0.3, 0.4) is 0 Å². The quantitative estimate of drug-likeness (QED) is 0.570. The van der Waals surface area contributed by atoms with Crippen LogP contribution in [0.5, 0.6) is 0 Å². The lowest BCUT2D eigenvalue weighted by atomic mass is 10.1. The Morgan fingerprint density at radius 1 is 1.53 bits per heavy atom. The number of nitrogens with one attached hydrogen (secondary N) is 1. The van der Waals surface area contributed by atoms with Gasteiger partial charge in [-0.15, -0.1) is 6.58 Å². The van der Waals surface area contributed by atoms with Gasteiger partial charge in [0.1, 0.15) is 12.1 Å². The van der Waals surface area contributed by atoms with Gasteiger partial charge in [0.05, 0.1) is 0 Å². The minimum atomic E-state index is -0.352. The minimum Gasteiger partial charge on any atom is -0.343 e. The number of carbonyl (C=O) groups excluding carboxylic acids is 2. The van der Waals surface area contributed by atoms with Crippen molar-refractivity contribution < 1.29 is 9.59 Å². The topological polar surface area (TPSA) is 49.4 Å². The SMILES string of the molecule is C=CCSCCN1C(=O)C(CC)NC(=O)C1C. The fourth-order valence-corrected chi connectivity index (χ4v) is 2.46. The molecular formula is C12H20N2O2S. The second kappa shape index (κ2) is 6.69. The molecule has 2 atom stereocenters. The molecule has 1 fully saturated rings. The molecule has 4 nitrogen and oxygen atoms in total. The molecule has 96 valence electrons. The molecular weight excluding hydrogens is 236 g/mol. The zero-order chi connectivity index (χ0) is 12.8. The third-order valence-corrected chi connectivity index (χ3v) is 3.81. The van der Waals surface area contributed by atoms with Crippen LogP contribution < -0.4 is 5.32 Å². The van der Waals surface area contributed by atoms with Gasteiger partial charge in [0.2, 0.25) is 11.8 Å². The predicted octanol–water partition coefficient (Wildman–Crippen LogP) is 1.03. The molecule has 1 saturated heterocycles. The number of carbonyl (C=O) groups is 2.